The summed E-state index contributed by atoms with van der Waals surface area (Å²) in [6.45, 7) is 1.83. The molecule has 1 aliphatic heterocycles. The number of rotatable bonds is 4. The van der Waals surface area contributed by atoms with Gasteiger partial charge in [0.2, 0.25) is 5.91 Å². The standard InChI is InChI=1S/C17H27N5O2/c1-21-15(7-9-19-21)11-18-17(24)20-14-8-10-22(12-14)16(23)13-5-3-2-4-6-13/h7,9,13-14H,2-6,8,10-12H2,1H3,(H2,18,20,24). The molecule has 24 heavy (non-hydrogen) atoms. The van der Waals surface area contributed by atoms with E-state index in [0.717, 1.165) is 31.5 Å². The van der Waals surface area contributed by atoms with Crippen molar-refractivity contribution in [1.29, 1.82) is 0 Å². The maximum absolute atomic E-state index is 12.5. The zero-order valence-electron chi connectivity index (χ0n) is 14.3. The highest BCUT2D eigenvalue weighted by Crippen LogP contribution is 2.26. The Morgan fingerprint density at radius 3 is 2.75 bits per heavy atom. The van der Waals surface area contributed by atoms with Gasteiger partial charge in [-0.2, -0.15) is 5.10 Å². The number of aromatic nitrogens is 2. The number of nitrogens with zero attached hydrogens (tertiary/aromatic N) is 3. The first kappa shape index (κ1) is 16.8. The van der Waals surface area contributed by atoms with Gasteiger partial charge in [-0.15, -0.1) is 0 Å². The van der Waals surface area contributed by atoms with E-state index in [4.69, 9.17) is 0 Å². The lowest BCUT2D eigenvalue weighted by molar-refractivity contribution is -0.135. The van der Waals surface area contributed by atoms with E-state index in [1.165, 1.54) is 19.3 Å². The summed E-state index contributed by atoms with van der Waals surface area (Å²) in [6, 6.07) is 1.73. The zero-order valence-corrected chi connectivity index (χ0v) is 14.3. The average Bonchev–Trinajstić information content (AvgIpc) is 3.22. The Labute approximate surface area is 142 Å². The third kappa shape index (κ3) is 4.07. The molecule has 7 nitrogen and oxygen atoms in total. The van der Waals surface area contributed by atoms with Crippen LogP contribution in [-0.4, -0.2) is 45.8 Å². The molecular formula is C17H27N5O2. The second-order valence-electron chi connectivity index (χ2n) is 6.88. The summed E-state index contributed by atoms with van der Waals surface area (Å²) in [5, 5.41) is 9.89. The Morgan fingerprint density at radius 2 is 2.04 bits per heavy atom. The van der Waals surface area contributed by atoms with Crippen LogP contribution < -0.4 is 10.6 Å². The Balaban J connectivity index is 1.41. The number of urea groups is 1. The lowest BCUT2D eigenvalue weighted by Crippen LogP contribution is -2.44. The minimum absolute atomic E-state index is 0.0454. The topological polar surface area (TPSA) is 79.3 Å². The van der Waals surface area contributed by atoms with Crippen LogP contribution in [0.1, 0.15) is 44.2 Å². The van der Waals surface area contributed by atoms with Crippen molar-refractivity contribution in [3.8, 4) is 0 Å². The monoisotopic (exact) mass is 333 g/mol. The molecule has 1 aliphatic carbocycles. The highest BCUT2D eigenvalue weighted by Gasteiger charge is 2.31. The zero-order chi connectivity index (χ0) is 16.9. The molecule has 7 heteroatoms. The molecule has 0 radical (unpaired) electrons. The molecular weight excluding hydrogens is 306 g/mol. The number of hydrogen-bond donors (Lipinski definition) is 2. The molecule has 2 aliphatic rings. The van der Waals surface area contributed by atoms with Gasteiger partial charge in [-0.25, -0.2) is 4.79 Å². The fourth-order valence-electron chi connectivity index (χ4n) is 3.67. The smallest absolute Gasteiger partial charge is 0.315 e. The van der Waals surface area contributed by atoms with E-state index in [1.54, 1.807) is 10.9 Å². The summed E-state index contributed by atoms with van der Waals surface area (Å²) in [6.07, 6.45) is 8.19. The summed E-state index contributed by atoms with van der Waals surface area (Å²) >= 11 is 0. The fraction of sp³-hybridized carbons (Fsp3) is 0.706. The number of likely N-dealkylation sites (tertiary alicyclic amines) is 1. The van der Waals surface area contributed by atoms with Gasteiger partial charge in [-0.1, -0.05) is 19.3 Å². The van der Waals surface area contributed by atoms with E-state index >= 15 is 0 Å². The van der Waals surface area contributed by atoms with Crippen molar-refractivity contribution in [2.45, 2.75) is 51.1 Å². The quantitative estimate of drug-likeness (QED) is 0.874. The lowest BCUT2D eigenvalue weighted by Gasteiger charge is -2.26. The summed E-state index contributed by atoms with van der Waals surface area (Å²) in [7, 11) is 1.85. The van der Waals surface area contributed by atoms with Gasteiger partial charge >= 0.3 is 6.03 Å². The van der Waals surface area contributed by atoms with Crippen LogP contribution in [0.5, 0.6) is 0 Å². The molecule has 1 unspecified atom stereocenters. The summed E-state index contributed by atoms with van der Waals surface area (Å²) < 4.78 is 1.74. The van der Waals surface area contributed by atoms with E-state index in [1.807, 2.05) is 18.0 Å². The minimum Gasteiger partial charge on any atom is -0.340 e. The highest BCUT2D eigenvalue weighted by molar-refractivity contribution is 5.79. The Kier molecular flexibility index (Phi) is 5.37. The molecule has 3 amide bonds. The Morgan fingerprint density at radius 1 is 1.25 bits per heavy atom. The number of aryl methyl sites for hydroxylation is 1. The van der Waals surface area contributed by atoms with E-state index in [-0.39, 0.29) is 23.9 Å². The van der Waals surface area contributed by atoms with Gasteiger partial charge in [-0.05, 0) is 25.3 Å². The summed E-state index contributed by atoms with van der Waals surface area (Å²) in [5.41, 5.74) is 0.950. The molecule has 2 heterocycles. The third-order valence-corrected chi connectivity index (χ3v) is 5.14. The maximum atomic E-state index is 12.5. The number of nitrogens with one attached hydrogen (secondary N) is 2. The van der Waals surface area contributed by atoms with Gasteiger partial charge in [0.25, 0.3) is 0 Å². The Bertz CT molecular complexity index is 579. The van der Waals surface area contributed by atoms with Crippen LogP contribution in [-0.2, 0) is 18.4 Å². The molecule has 1 saturated carbocycles. The molecule has 1 aromatic heterocycles. The van der Waals surface area contributed by atoms with Crippen LogP contribution in [0.15, 0.2) is 12.3 Å². The van der Waals surface area contributed by atoms with E-state index in [2.05, 4.69) is 15.7 Å². The SMILES string of the molecule is Cn1nccc1CNC(=O)NC1CCN(C(=O)C2CCCCC2)C1. The normalized spacial score (nSPS) is 21.7. The van der Waals surface area contributed by atoms with Crippen molar-refractivity contribution in [2.24, 2.45) is 13.0 Å². The predicted molar refractivity (Wildman–Crippen MR) is 90.1 cm³/mol. The fourth-order valence-corrected chi connectivity index (χ4v) is 3.67. The molecule has 1 atom stereocenters. The first-order valence-electron chi connectivity index (χ1n) is 8.93. The second kappa shape index (κ2) is 7.68. The predicted octanol–water partition coefficient (Wildman–Crippen LogP) is 1.40. The molecule has 1 saturated heterocycles. The van der Waals surface area contributed by atoms with Crippen LogP contribution in [0, 0.1) is 5.92 Å². The molecule has 3 rings (SSSR count). The number of hydrogen-bond acceptors (Lipinski definition) is 3. The largest absolute Gasteiger partial charge is 0.340 e. The van der Waals surface area contributed by atoms with Gasteiger partial charge in [0, 0.05) is 38.3 Å². The van der Waals surface area contributed by atoms with Crippen molar-refractivity contribution in [1.82, 2.24) is 25.3 Å². The molecule has 0 aromatic carbocycles. The van der Waals surface area contributed by atoms with Crippen molar-refractivity contribution in [2.75, 3.05) is 13.1 Å². The second-order valence-corrected chi connectivity index (χ2v) is 6.88. The van der Waals surface area contributed by atoms with Crippen molar-refractivity contribution < 1.29 is 9.59 Å². The number of amides is 3. The molecule has 132 valence electrons. The van der Waals surface area contributed by atoms with Crippen molar-refractivity contribution in [3.05, 3.63) is 18.0 Å². The molecule has 1 aromatic rings. The van der Waals surface area contributed by atoms with Crippen molar-refractivity contribution in [3.63, 3.8) is 0 Å². The van der Waals surface area contributed by atoms with Crippen LogP contribution in [0.4, 0.5) is 4.79 Å². The van der Waals surface area contributed by atoms with E-state index < -0.39 is 0 Å². The van der Waals surface area contributed by atoms with Gasteiger partial charge < -0.3 is 15.5 Å². The maximum Gasteiger partial charge on any atom is 0.315 e. The van der Waals surface area contributed by atoms with Crippen molar-refractivity contribution >= 4 is 11.9 Å². The van der Waals surface area contributed by atoms with Crippen LogP contribution in [0.25, 0.3) is 0 Å². The van der Waals surface area contributed by atoms with Gasteiger partial charge in [0.05, 0.1) is 12.2 Å². The van der Waals surface area contributed by atoms with Crippen LogP contribution >= 0.6 is 0 Å². The van der Waals surface area contributed by atoms with Gasteiger partial charge in [-0.3, -0.25) is 9.48 Å². The summed E-state index contributed by atoms with van der Waals surface area (Å²) in [4.78, 5) is 26.5. The Hall–Kier alpha value is -2.05. The van der Waals surface area contributed by atoms with Crippen LogP contribution in [0.3, 0.4) is 0 Å². The molecule has 2 N–H and O–H groups in total. The van der Waals surface area contributed by atoms with E-state index in [9.17, 15) is 9.59 Å². The number of carbonyl (C=O) groups excluding carboxylic acids is 2. The third-order valence-electron chi connectivity index (χ3n) is 5.14. The molecule has 0 spiro atoms. The van der Waals surface area contributed by atoms with Gasteiger partial charge in [0.1, 0.15) is 0 Å². The molecule has 0 bridgehead atoms. The van der Waals surface area contributed by atoms with Gasteiger partial charge in [0.15, 0.2) is 0 Å². The van der Waals surface area contributed by atoms with E-state index in [0.29, 0.717) is 13.1 Å². The first-order chi connectivity index (χ1) is 11.6. The number of carbonyl (C=O) groups is 2. The first-order valence-corrected chi connectivity index (χ1v) is 8.93. The lowest BCUT2D eigenvalue weighted by atomic mass is 9.88. The summed E-state index contributed by atoms with van der Waals surface area (Å²) in [5.74, 6) is 0.491. The average molecular weight is 333 g/mol. The van der Waals surface area contributed by atoms with Crippen LogP contribution in [0.2, 0.25) is 0 Å². The highest BCUT2D eigenvalue weighted by atomic mass is 16.2. The molecule has 2 fully saturated rings. The minimum atomic E-state index is -0.187.